The van der Waals surface area contributed by atoms with Crippen molar-refractivity contribution in [2.75, 3.05) is 38.6 Å². The van der Waals surface area contributed by atoms with Crippen molar-refractivity contribution in [2.45, 2.75) is 29.6 Å². The van der Waals surface area contributed by atoms with E-state index in [1.807, 2.05) is 36.2 Å². The Bertz CT molecular complexity index is 1660. The average Bonchev–Trinajstić information content (AvgIpc) is 3.51. The number of Topliss-reactive ketones (excluding diaryl/α,β-unsaturated/α-hetero) is 1. The predicted octanol–water partition coefficient (Wildman–Crippen LogP) is 4.58. The lowest BCUT2D eigenvalue weighted by Crippen LogP contribution is -2.47. The third-order valence-corrected chi connectivity index (χ3v) is 9.89. The van der Waals surface area contributed by atoms with Crippen molar-refractivity contribution >= 4 is 55.5 Å². The van der Waals surface area contributed by atoms with Crippen molar-refractivity contribution in [2.24, 2.45) is 0 Å². The van der Waals surface area contributed by atoms with Crippen LogP contribution in [0.3, 0.4) is 0 Å². The molecule has 1 aliphatic heterocycles. The van der Waals surface area contributed by atoms with Gasteiger partial charge in [0, 0.05) is 13.0 Å². The lowest BCUT2D eigenvalue weighted by Gasteiger charge is -2.31. The molecule has 212 valence electrons. The first-order chi connectivity index (χ1) is 19.2. The van der Waals surface area contributed by atoms with Crippen LogP contribution >= 0.6 is 22.9 Å². The Morgan fingerprint density at radius 2 is 2.05 bits per heavy atom. The van der Waals surface area contributed by atoms with Crippen molar-refractivity contribution in [3.63, 3.8) is 0 Å². The molecule has 2 aromatic carbocycles. The van der Waals surface area contributed by atoms with Crippen LogP contribution in [0.4, 0.5) is 10.2 Å². The largest absolute Gasteiger partial charge is 0.493 e. The van der Waals surface area contributed by atoms with E-state index in [9.17, 15) is 17.6 Å². The maximum Gasteiger partial charge on any atom is 0.272 e. The van der Waals surface area contributed by atoms with Gasteiger partial charge < -0.3 is 9.47 Å². The van der Waals surface area contributed by atoms with E-state index in [2.05, 4.69) is 9.82 Å². The third kappa shape index (κ3) is 6.01. The number of nitrogens with one attached hydrogen (secondary N) is 1. The molecule has 3 heterocycles. The molecule has 4 aromatic rings. The number of likely N-dealkylation sites (N-methyl/N-ethyl adjacent to an activating group) is 1. The number of sulfonamides is 1. The summed E-state index contributed by atoms with van der Waals surface area (Å²) in [7, 11) is -0.782. The molecule has 0 amide bonds. The Balaban J connectivity index is 1.41. The molecule has 0 spiro atoms. The van der Waals surface area contributed by atoms with Crippen LogP contribution in [0, 0.1) is 5.82 Å². The van der Waals surface area contributed by atoms with Crippen LogP contribution in [0.2, 0.25) is 4.34 Å². The molecule has 1 saturated heterocycles. The first-order valence-electron chi connectivity index (χ1n) is 12.6. The summed E-state index contributed by atoms with van der Waals surface area (Å²) < 4.78 is 55.9. The topological polar surface area (TPSA) is 103 Å². The number of hydrogen-bond donors (Lipinski definition) is 1. The highest BCUT2D eigenvalue weighted by Crippen LogP contribution is 2.36. The van der Waals surface area contributed by atoms with Crippen molar-refractivity contribution < 1.29 is 27.1 Å². The zero-order valence-corrected chi connectivity index (χ0v) is 24.3. The number of methoxy groups -OCH3 is 1. The zero-order chi connectivity index (χ0) is 28.4. The summed E-state index contributed by atoms with van der Waals surface area (Å²) >= 11 is 6.84. The van der Waals surface area contributed by atoms with Gasteiger partial charge in [0.2, 0.25) is 0 Å². The number of morpholine rings is 1. The summed E-state index contributed by atoms with van der Waals surface area (Å²) in [5.74, 6) is -0.676. The van der Waals surface area contributed by atoms with E-state index in [1.165, 1.54) is 31.4 Å². The minimum Gasteiger partial charge on any atom is -0.493 e. The van der Waals surface area contributed by atoms with Gasteiger partial charge in [0.25, 0.3) is 10.0 Å². The molecule has 0 saturated carbocycles. The quantitative estimate of drug-likeness (QED) is 0.282. The molecule has 13 heteroatoms. The molecule has 1 unspecified atom stereocenters. The number of halogens is 2. The van der Waals surface area contributed by atoms with Gasteiger partial charge in [-0.1, -0.05) is 35.9 Å². The van der Waals surface area contributed by atoms with E-state index >= 15 is 0 Å². The molecule has 0 radical (unpaired) electrons. The fraction of sp³-hybridized carbons (Fsp3) is 0.333. The molecule has 0 bridgehead atoms. The summed E-state index contributed by atoms with van der Waals surface area (Å²) in [6.07, 6.45) is 0.964. The Morgan fingerprint density at radius 1 is 1.25 bits per heavy atom. The number of aryl methyl sites for hydroxylation is 1. The highest BCUT2D eigenvalue weighted by molar-refractivity contribution is 7.94. The molecule has 2 aromatic heterocycles. The summed E-state index contributed by atoms with van der Waals surface area (Å²) in [4.78, 5) is 14.8. The highest BCUT2D eigenvalue weighted by atomic mass is 35.5. The fourth-order valence-electron chi connectivity index (χ4n) is 4.74. The van der Waals surface area contributed by atoms with Gasteiger partial charge in [-0.3, -0.25) is 19.1 Å². The van der Waals surface area contributed by atoms with Crippen LogP contribution in [0.5, 0.6) is 5.75 Å². The maximum atomic E-state index is 14.7. The van der Waals surface area contributed by atoms with E-state index in [1.54, 1.807) is 4.68 Å². The second-order valence-corrected chi connectivity index (χ2v) is 13.1. The molecular weight excluding hydrogens is 579 g/mol. The third-order valence-electron chi connectivity index (χ3n) is 6.82. The number of thiophene rings is 1. The van der Waals surface area contributed by atoms with Crippen LogP contribution in [-0.2, 0) is 32.5 Å². The van der Waals surface area contributed by atoms with E-state index < -0.39 is 15.8 Å². The standard InChI is InChI=1S/C27H28ClFN4O5S2/c1-32-12-13-38-16-21(32)22(34)9-6-17-4-3-5-18(14-17)15-33-20-8-7-19(29)26(37-2)25(20)27(30-33)31-40(35,36)24-11-10-23(28)39-24/h3-5,7-8,10-11,14,21H,6,9,12-13,15-16H2,1-2H3,(H,30,31). The SMILES string of the molecule is COc1c(F)ccc2c1c(NS(=O)(=O)c1ccc(Cl)s1)nn2Cc1cccc(CCC(=O)C2COCCN2C)c1. The summed E-state index contributed by atoms with van der Waals surface area (Å²) in [5, 5.41) is 4.71. The Morgan fingerprint density at radius 3 is 2.77 bits per heavy atom. The van der Waals surface area contributed by atoms with Gasteiger partial charge in [0.15, 0.2) is 23.2 Å². The van der Waals surface area contributed by atoms with Gasteiger partial charge in [-0.05, 0) is 48.9 Å². The van der Waals surface area contributed by atoms with Gasteiger partial charge in [0.1, 0.15) is 4.21 Å². The maximum absolute atomic E-state index is 14.7. The number of anilines is 1. The van der Waals surface area contributed by atoms with Gasteiger partial charge in [-0.15, -0.1) is 11.3 Å². The molecule has 1 fully saturated rings. The average molecular weight is 607 g/mol. The van der Waals surface area contributed by atoms with Crippen LogP contribution in [0.1, 0.15) is 17.5 Å². The Labute approximate surface area is 240 Å². The Kier molecular flexibility index (Phi) is 8.43. The first-order valence-corrected chi connectivity index (χ1v) is 15.2. The van der Waals surface area contributed by atoms with Crippen LogP contribution in [-0.4, -0.2) is 68.8 Å². The molecule has 1 N–H and O–H groups in total. The van der Waals surface area contributed by atoms with Gasteiger partial charge in [-0.25, -0.2) is 12.8 Å². The number of benzene rings is 2. The number of hydrogen-bond acceptors (Lipinski definition) is 8. The van der Waals surface area contributed by atoms with Crippen LogP contribution in [0.25, 0.3) is 10.9 Å². The number of carbonyl (C=O) groups is 1. The number of carbonyl (C=O) groups excluding carboxylic acids is 1. The van der Waals surface area contributed by atoms with E-state index in [0.29, 0.717) is 35.9 Å². The van der Waals surface area contributed by atoms with Crippen molar-refractivity contribution in [3.05, 3.63) is 69.8 Å². The fourth-order valence-corrected chi connectivity index (χ4v) is 7.23. The minimum atomic E-state index is -4.03. The summed E-state index contributed by atoms with van der Waals surface area (Å²) in [6.45, 7) is 2.06. The molecule has 0 aliphatic carbocycles. The van der Waals surface area contributed by atoms with Gasteiger partial charge in [-0.2, -0.15) is 5.10 Å². The molecule has 1 atom stereocenters. The van der Waals surface area contributed by atoms with E-state index in [-0.39, 0.29) is 39.5 Å². The number of fused-ring (bicyclic) bond motifs is 1. The van der Waals surface area contributed by atoms with Gasteiger partial charge >= 0.3 is 0 Å². The number of ether oxygens (including phenoxy) is 2. The molecular formula is C27H28ClFN4O5S2. The first kappa shape index (κ1) is 28.5. The molecule has 5 rings (SSSR count). The highest BCUT2D eigenvalue weighted by Gasteiger charge is 2.27. The van der Waals surface area contributed by atoms with Crippen molar-refractivity contribution in [3.8, 4) is 5.75 Å². The predicted molar refractivity (Wildman–Crippen MR) is 152 cm³/mol. The summed E-state index contributed by atoms with van der Waals surface area (Å²) in [5.41, 5.74) is 2.36. The van der Waals surface area contributed by atoms with Crippen LogP contribution < -0.4 is 9.46 Å². The molecule has 1 aliphatic rings. The van der Waals surface area contributed by atoms with E-state index in [0.717, 1.165) is 29.0 Å². The lowest BCUT2D eigenvalue weighted by atomic mass is 10.0. The van der Waals surface area contributed by atoms with E-state index in [4.69, 9.17) is 21.1 Å². The van der Waals surface area contributed by atoms with Crippen LogP contribution in [0.15, 0.2) is 52.7 Å². The van der Waals surface area contributed by atoms with Crippen molar-refractivity contribution in [1.82, 2.24) is 14.7 Å². The number of nitrogens with zero attached hydrogens (tertiary/aromatic N) is 3. The lowest BCUT2D eigenvalue weighted by molar-refractivity contribution is -0.129. The molecule has 9 nitrogen and oxygen atoms in total. The summed E-state index contributed by atoms with van der Waals surface area (Å²) in [6, 6.07) is 13.2. The smallest absolute Gasteiger partial charge is 0.272 e. The van der Waals surface area contributed by atoms with Crippen molar-refractivity contribution in [1.29, 1.82) is 0 Å². The second kappa shape index (κ2) is 11.8. The zero-order valence-electron chi connectivity index (χ0n) is 21.9. The normalized spacial score (nSPS) is 16.4. The minimum absolute atomic E-state index is 0.00352. The number of ketones is 1. The Hall–Kier alpha value is -3.03. The number of aromatic nitrogens is 2. The second-order valence-electron chi connectivity index (χ2n) is 9.50. The van der Waals surface area contributed by atoms with Gasteiger partial charge in [0.05, 0.1) is 48.1 Å². The number of rotatable bonds is 10. The monoisotopic (exact) mass is 606 g/mol. The molecule has 40 heavy (non-hydrogen) atoms.